The molecule has 3 aromatic rings. The molecule has 0 amide bonds. The van der Waals surface area contributed by atoms with Gasteiger partial charge in [-0.25, -0.2) is 9.59 Å². The lowest BCUT2D eigenvalue weighted by atomic mass is 10.4. The van der Waals surface area contributed by atoms with Gasteiger partial charge in [0.1, 0.15) is 0 Å². The smallest absolute Gasteiger partial charge is 0.349 e. The van der Waals surface area contributed by atoms with Gasteiger partial charge in [-0.15, -0.1) is 0 Å². The van der Waals surface area contributed by atoms with Crippen LogP contribution >= 0.6 is 0 Å². The van der Waals surface area contributed by atoms with Crippen molar-refractivity contribution < 1.29 is 27.3 Å². The Bertz CT molecular complexity index is 1230. The number of rotatable bonds is 17. The highest BCUT2D eigenvalue weighted by molar-refractivity contribution is 7.00. The number of hydrogen-bond donors (Lipinski definition) is 0. The summed E-state index contributed by atoms with van der Waals surface area (Å²) in [6.45, 7) is 14.2. The third-order valence-electron chi connectivity index (χ3n) is 7.33. The van der Waals surface area contributed by atoms with Crippen molar-refractivity contribution in [2.24, 2.45) is 0 Å². The molecule has 0 aromatic heterocycles. The average molecular weight is 619 g/mol. The van der Waals surface area contributed by atoms with Crippen LogP contribution < -0.4 is 15.6 Å². The van der Waals surface area contributed by atoms with Crippen molar-refractivity contribution in [1.82, 2.24) is 0 Å². The summed E-state index contributed by atoms with van der Waals surface area (Å²) in [7, 11) is -8.31. The highest BCUT2D eigenvalue weighted by atomic mass is 28.5. The lowest BCUT2D eigenvalue weighted by molar-refractivity contribution is -0.138. The zero-order valence-corrected chi connectivity index (χ0v) is 27.9. The van der Waals surface area contributed by atoms with Crippen LogP contribution in [0.2, 0.25) is 31.7 Å². The second-order valence-electron chi connectivity index (χ2n) is 10.7. The Morgan fingerprint density at radius 2 is 0.929 bits per heavy atom. The van der Waals surface area contributed by atoms with E-state index in [0.717, 1.165) is 27.6 Å². The topological polar surface area (TPSA) is 71.1 Å². The quantitative estimate of drug-likeness (QED) is 0.0897. The minimum atomic E-state index is -3.06. The van der Waals surface area contributed by atoms with E-state index in [9.17, 15) is 9.59 Å². The largest absolute Gasteiger partial charge is 0.463 e. The van der Waals surface area contributed by atoms with Gasteiger partial charge >= 0.3 is 20.5 Å². The fourth-order valence-corrected chi connectivity index (χ4v) is 20.0. The highest BCUT2D eigenvalue weighted by Gasteiger charge is 2.48. The SMILES string of the molecule is C=CC(=O)OCCC[Si](C)(O[Si](C)(O[Si](C)(CCCOC(=O)C=C)c1ccccc1)c1ccccc1)c1ccccc1. The van der Waals surface area contributed by atoms with Gasteiger partial charge < -0.3 is 17.7 Å². The van der Waals surface area contributed by atoms with Gasteiger partial charge in [-0.05, 0) is 60.1 Å². The Labute approximate surface area is 253 Å². The number of ether oxygens (including phenoxy) is 2. The van der Waals surface area contributed by atoms with Crippen LogP contribution in [0.3, 0.4) is 0 Å². The molecule has 0 fully saturated rings. The average Bonchev–Trinajstić information content (AvgIpc) is 3.02. The third kappa shape index (κ3) is 9.33. The number of carbonyl (C=O) groups excluding carboxylic acids is 2. The number of esters is 2. The zero-order chi connectivity index (χ0) is 30.5. The molecule has 0 aliphatic heterocycles. The normalized spacial score (nSPS) is 15.3. The van der Waals surface area contributed by atoms with Crippen LogP contribution in [-0.2, 0) is 27.3 Å². The van der Waals surface area contributed by atoms with Gasteiger partial charge in [-0.2, -0.15) is 0 Å². The van der Waals surface area contributed by atoms with Crippen LogP contribution in [0.5, 0.6) is 0 Å². The van der Waals surface area contributed by atoms with Gasteiger partial charge in [-0.3, -0.25) is 0 Å². The van der Waals surface area contributed by atoms with Crippen molar-refractivity contribution in [2.75, 3.05) is 13.2 Å². The number of carbonyl (C=O) groups is 2. The third-order valence-corrected chi connectivity index (χ3v) is 21.2. The molecule has 0 radical (unpaired) electrons. The van der Waals surface area contributed by atoms with E-state index < -0.39 is 37.1 Å². The van der Waals surface area contributed by atoms with Crippen LogP contribution in [0.4, 0.5) is 0 Å². The lowest BCUT2D eigenvalue weighted by Gasteiger charge is -2.43. The summed E-state index contributed by atoms with van der Waals surface area (Å²) in [4.78, 5) is 23.3. The molecule has 0 N–H and O–H groups in total. The maximum Gasteiger partial charge on any atom is 0.349 e. The first kappa shape index (κ1) is 33.2. The van der Waals surface area contributed by atoms with Gasteiger partial charge in [-0.1, -0.05) is 104 Å². The first-order valence-electron chi connectivity index (χ1n) is 14.3. The molecule has 3 rings (SSSR count). The molecule has 0 heterocycles. The van der Waals surface area contributed by atoms with Crippen molar-refractivity contribution in [2.45, 2.75) is 44.6 Å². The van der Waals surface area contributed by atoms with Crippen LogP contribution in [0.15, 0.2) is 116 Å². The molecular weight excluding hydrogens is 577 g/mol. The maximum atomic E-state index is 11.7. The van der Waals surface area contributed by atoms with E-state index in [0.29, 0.717) is 26.1 Å². The van der Waals surface area contributed by atoms with E-state index in [1.165, 1.54) is 12.2 Å². The molecule has 0 spiro atoms. The summed E-state index contributed by atoms with van der Waals surface area (Å²) < 4.78 is 25.5. The molecule has 0 aliphatic carbocycles. The fourth-order valence-electron chi connectivity index (χ4n) is 5.11. The minimum Gasteiger partial charge on any atom is -0.463 e. The molecule has 2 atom stereocenters. The molecule has 0 aliphatic rings. The number of benzene rings is 3. The van der Waals surface area contributed by atoms with E-state index >= 15 is 0 Å². The Hall–Kier alpha value is -3.35. The van der Waals surface area contributed by atoms with Crippen LogP contribution in [-0.4, -0.2) is 50.3 Å². The molecule has 222 valence electrons. The summed E-state index contributed by atoms with van der Waals surface area (Å²) in [5.41, 5.74) is 0. The molecule has 6 nitrogen and oxygen atoms in total. The molecule has 42 heavy (non-hydrogen) atoms. The second-order valence-corrected chi connectivity index (χ2v) is 21.8. The molecule has 2 unspecified atom stereocenters. The Kier molecular flexibility index (Phi) is 12.4. The predicted octanol–water partition coefficient (Wildman–Crippen LogP) is 5.20. The van der Waals surface area contributed by atoms with Crippen molar-refractivity contribution in [1.29, 1.82) is 0 Å². The maximum absolute atomic E-state index is 11.7. The summed E-state index contributed by atoms with van der Waals surface area (Å²) >= 11 is 0. The van der Waals surface area contributed by atoms with Crippen LogP contribution in [0.1, 0.15) is 12.8 Å². The summed E-state index contributed by atoms with van der Waals surface area (Å²) in [5.74, 6) is -0.844. The van der Waals surface area contributed by atoms with Crippen molar-refractivity contribution in [3.63, 3.8) is 0 Å². The van der Waals surface area contributed by atoms with Gasteiger partial charge in [0.25, 0.3) is 0 Å². The highest BCUT2D eigenvalue weighted by Crippen LogP contribution is 2.27. The molecule has 9 heteroatoms. The van der Waals surface area contributed by atoms with E-state index in [1.807, 2.05) is 54.6 Å². The number of hydrogen-bond acceptors (Lipinski definition) is 6. The van der Waals surface area contributed by atoms with E-state index in [-0.39, 0.29) is 0 Å². The van der Waals surface area contributed by atoms with Gasteiger partial charge in [0.15, 0.2) is 0 Å². The monoisotopic (exact) mass is 618 g/mol. The summed E-state index contributed by atoms with van der Waals surface area (Å²) in [5, 5.41) is 3.39. The van der Waals surface area contributed by atoms with E-state index in [4.69, 9.17) is 17.7 Å². The molecule has 0 saturated heterocycles. The summed E-state index contributed by atoms with van der Waals surface area (Å²) in [6.07, 6.45) is 3.70. The molecule has 0 saturated carbocycles. The molecule has 0 bridgehead atoms. The van der Waals surface area contributed by atoms with Crippen molar-refractivity contribution >= 4 is 52.7 Å². The first-order valence-corrected chi connectivity index (χ1v) is 21.8. The minimum absolute atomic E-state index is 0.300. The Morgan fingerprint density at radius 3 is 1.26 bits per heavy atom. The van der Waals surface area contributed by atoms with Crippen LogP contribution in [0.25, 0.3) is 0 Å². The molecular formula is C33H42O6Si3. The van der Waals surface area contributed by atoms with Gasteiger partial charge in [0.2, 0.25) is 16.6 Å². The van der Waals surface area contributed by atoms with E-state index in [1.54, 1.807) is 0 Å². The second kappa shape index (κ2) is 15.8. The summed E-state index contributed by atoms with van der Waals surface area (Å²) in [6, 6.07) is 32.4. The van der Waals surface area contributed by atoms with Gasteiger partial charge in [0, 0.05) is 12.2 Å². The van der Waals surface area contributed by atoms with E-state index in [2.05, 4.69) is 69.2 Å². The fraction of sp³-hybridized carbons (Fsp3) is 0.273. The van der Waals surface area contributed by atoms with Crippen LogP contribution in [0, 0.1) is 0 Å². The Balaban J connectivity index is 2.00. The standard InChI is InChI=1S/C33H42O6Si3/c1-6-32(34)36-25-17-27-40(3,29-19-11-8-12-20-29)38-42(5,31-23-15-10-16-24-31)39-41(4,30-21-13-9-14-22-30)28-18-26-37-33(35)7-2/h6-16,19-24H,1-2,17-18,25-28H2,3-5H3. The van der Waals surface area contributed by atoms with Crippen molar-refractivity contribution in [3.8, 4) is 0 Å². The van der Waals surface area contributed by atoms with Gasteiger partial charge in [0.05, 0.1) is 13.2 Å². The predicted molar refractivity (Wildman–Crippen MR) is 176 cm³/mol. The Morgan fingerprint density at radius 1 is 0.595 bits per heavy atom. The zero-order valence-electron chi connectivity index (χ0n) is 24.9. The molecule has 3 aromatic carbocycles. The van der Waals surface area contributed by atoms with Crippen molar-refractivity contribution in [3.05, 3.63) is 116 Å². The lowest BCUT2D eigenvalue weighted by Crippen LogP contribution is -2.67. The first-order chi connectivity index (χ1) is 20.1.